The zero-order valence-electron chi connectivity index (χ0n) is 18.7. The van der Waals surface area contributed by atoms with Crippen molar-refractivity contribution in [3.05, 3.63) is 89.4 Å². The SMILES string of the molecule is COc1ccc(C2c3[nH]c4ccc(S(C)=O)cc4c3CCN2C(=S)Oc2ccc(F)cc2)cc1.[HH]. The Labute approximate surface area is 206 Å². The summed E-state index contributed by atoms with van der Waals surface area (Å²) in [7, 11) is 0.575. The molecule has 0 saturated carbocycles. The van der Waals surface area contributed by atoms with Crippen molar-refractivity contribution in [3.63, 3.8) is 0 Å². The van der Waals surface area contributed by atoms with Gasteiger partial charge in [0.05, 0.1) is 13.2 Å². The molecule has 3 aromatic carbocycles. The quantitative estimate of drug-likeness (QED) is 0.372. The van der Waals surface area contributed by atoms with Crippen LogP contribution in [-0.2, 0) is 17.2 Å². The summed E-state index contributed by atoms with van der Waals surface area (Å²) in [6.07, 6.45) is 2.43. The van der Waals surface area contributed by atoms with Crippen molar-refractivity contribution in [1.29, 1.82) is 0 Å². The highest BCUT2D eigenvalue weighted by molar-refractivity contribution is 7.84. The summed E-state index contributed by atoms with van der Waals surface area (Å²) in [6.45, 7) is 0.635. The molecule has 2 heterocycles. The van der Waals surface area contributed by atoms with Crippen LogP contribution in [0.2, 0.25) is 0 Å². The molecular formula is C26H25FN2O3S2. The summed E-state index contributed by atoms with van der Waals surface area (Å²) in [6, 6.07) is 19.4. The van der Waals surface area contributed by atoms with E-state index in [1.165, 1.54) is 17.7 Å². The van der Waals surface area contributed by atoms with Gasteiger partial charge in [0, 0.05) is 46.5 Å². The molecule has 0 spiro atoms. The Morgan fingerprint density at radius 3 is 2.50 bits per heavy atom. The molecule has 5 nitrogen and oxygen atoms in total. The van der Waals surface area contributed by atoms with Crippen molar-refractivity contribution >= 4 is 39.1 Å². The van der Waals surface area contributed by atoms with Gasteiger partial charge in [-0.15, -0.1) is 0 Å². The van der Waals surface area contributed by atoms with Gasteiger partial charge in [-0.3, -0.25) is 4.21 Å². The highest BCUT2D eigenvalue weighted by Crippen LogP contribution is 2.39. The maximum absolute atomic E-state index is 13.3. The van der Waals surface area contributed by atoms with Crippen LogP contribution < -0.4 is 9.47 Å². The molecule has 5 rings (SSSR count). The maximum Gasteiger partial charge on any atom is 0.265 e. The molecular weight excluding hydrogens is 471 g/mol. The van der Waals surface area contributed by atoms with Gasteiger partial charge in [0.1, 0.15) is 17.3 Å². The van der Waals surface area contributed by atoms with Crippen molar-refractivity contribution in [1.82, 2.24) is 9.88 Å². The van der Waals surface area contributed by atoms with Crippen LogP contribution in [0.5, 0.6) is 11.5 Å². The number of halogens is 1. The molecule has 1 aliphatic heterocycles. The number of thiocarbonyl (C=S) groups is 1. The topological polar surface area (TPSA) is 54.6 Å². The van der Waals surface area contributed by atoms with Crippen LogP contribution >= 0.6 is 12.2 Å². The van der Waals surface area contributed by atoms with E-state index in [9.17, 15) is 8.60 Å². The fourth-order valence-corrected chi connectivity index (χ4v) is 5.27. The Hall–Kier alpha value is -3.23. The molecule has 1 aromatic heterocycles. The average Bonchev–Trinajstić information content (AvgIpc) is 3.23. The van der Waals surface area contributed by atoms with Crippen molar-refractivity contribution in [2.24, 2.45) is 0 Å². The van der Waals surface area contributed by atoms with Crippen LogP contribution in [-0.4, -0.2) is 39.2 Å². The average molecular weight is 497 g/mol. The molecule has 8 heteroatoms. The van der Waals surface area contributed by atoms with E-state index in [2.05, 4.69) is 4.98 Å². The first kappa shape index (κ1) is 22.6. The minimum atomic E-state index is -1.06. The van der Waals surface area contributed by atoms with E-state index in [-0.39, 0.29) is 13.3 Å². The number of nitrogens with one attached hydrogen (secondary N) is 1. The van der Waals surface area contributed by atoms with Gasteiger partial charge in [0.2, 0.25) is 0 Å². The van der Waals surface area contributed by atoms with E-state index in [1.54, 1.807) is 25.5 Å². The van der Waals surface area contributed by atoms with Crippen molar-refractivity contribution in [3.8, 4) is 11.5 Å². The number of hydrogen-bond donors (Lipinski definition) is 1. The predicted octanol–water partition coefficient (Wildman–Crippen LogP) is 5.61. The van der Waals surface area contributed by atoms with Gasteiger partial charge in [-0.2, -0.15) is 0 Å². The predicted molar refractivity (Wildman–Crippen MR) is 138 cm³/mol. The largest absolute Gasteiger partial charge is 0.497 e. The number of fused-ring (bicyclic) bond motifs is 3. The van der Waals surface area contributed by atoms with Crippen molar-refractivity contribution < 1.29 is 19.5 Å². The van der Waals surface area contributed by atoms with E-state index in [1.807, 2.05) is 47.4 Å². The lowest BCUT2D eigenvalue weighted by Gasteiger charge is -2.37. The lowest BCUT2D eigenvalue weighted by Crippen LogP contribution is -2.42. The summed E-state index contributed by atoms with van der Waals surface area (Å²) < 4.78 is 36.7. The number of H-pyrrole nitrogens is 1. The van der Waals surface area contributed by atoms with E-state index < -0.39 is 10.8 Å². The highest BCUT2D eigenvalue weighted by Gasteiger charge is 2.34. The van der Waals surface area contributed by atoms with Crippen LogP contribution in [0.3, 0.4) is 0 Å². The Kier molecular flexibility index (Phi) is 6.10. The standard InChI is InChI=1S/C26H23FN2O3S2.H2/c1-31-18-7-3-16(4-8-18)25-24-21(22-15-20(34(2)30)11-12-23(22)28-24)13-14-29(25)26(33)32-19-9-5-17(27)6-10-19;/h3-12,15,25,28H,13-14H2,1-2H3;1H. The van der Waals surface area contributed by atoms with Crippen LogP contribution in [0.4, 0.5) is 4.39 Å². The Balaban J connectivity index is 0.00000289. The number of nitrogens with zero attached hydrogens (tertiary/aromatic N) is 1. The number of aromatic nitrogens is 1. The fraction of sp³-hybridized carbons (Fsp3) is 0.192. The molecule has 0 amide bonds. The van der Waals surface area contributed by atoms with Crippen LogP contribution in [0, 0.1) is 5.82 Å². The third-order valence-corrected chi connectivity index (χ3v) is 7.35. The first-order valence-corrected chi connectivity index (χ1v) is 12.8. The summed E-state index contributed by atoms with van der Waals surface area (Å²) in [5.74, 6) is 0.919. The minimum Gasteiger partial charge on any atom is -0.497 e. The number of hydrogen-bond acceptors (Lipinski definition) is 4. The molecule has 4 aromatic rings. The summed E-state index contributed by atoms with van der Waals surface area (Å²) in [5.41, 5.74) is 4.22. The molecule has 34 heavy (non-hydrogen) atoms. The Morgan fingerprint density at radius 2 is 1.82 bits per heavy atom. The second kappa shape index (κ2) is 9.19. The highest BCUT2D eigenvalue weighted by atomic mass is 32.2. The van der Waals surface area contributed by atoms with Gasteiger partial charge in [-0.05, 0) is 84.4 Å². The summed E-state index contributed by atoms with van der Waals surface area (Å²) in [5, 5.41) is 1.39. The van der Waals surface area contributed by atoms with Gasteiger partial charge >= 0.3 is 0 Å². The first-order chi connectivity index (χ1) is 16.4. The van der Waals surface area contributed by atoms with Crippen molar-refractivity contribution in [2.75, 3.05) is 19.9 Å². The monoisotopic (exact) mass is 496 g/mol. The molecule has 0 saturated heterocycles. The zero-order chi connectivity index (χ0) is 23.8. The minimum absolute atomic E-state index is 0. The summed E-state index contributed by atoms with van der Waals surface area (Å²) in [4.78, 5) is 6.42. The lowest BCUT2D eigenvalue weighted by atomic mass is 9.93. The molecule has 2 atom stereocenters. The lowest BCUT2D eigenvalue weighted by molar-refractivity contribution is 0.289. The maximum atomic E-state index is 13.3. The second-order valence-electron chi connectivity index (χ2n) is 8.12. The molecule has 0 fully saturated rings. The normalized spacial score (nSPS) is 16.2. The summed E-state index contributed by atoms with van der Waals surface area (Å²) >= 11 is 5.71. The van der Waals surface area contributed by atoms with E-state index in [0.29, 0.717) is 17.5 Å². The number of benzene rings is 3. The van der Waals surface area contributed by atoms with E-state index >= 15 is 0 Å². The second-order valence-corrected chi connectivity index (χ2v) is 9.85. The van der Waals surface area contributed by atoms with Crippen LogP contribution in [0.25, 0.3) is 10.9 Å². The molecule has 0 bridgehead atoms. The fourth-order valence-electron chi connectivity index (χ4n) is 4.44. The molecule has 0 aliphatic carbocycles. The molecule has 0 radical (unpaired) electrons. The van der Waals surface area contributed by atoms with Gasteiger partial charge in [-0.1, -0.05) is 12.1 Å². The smallest absolute Gasteiger partial charge is 0.265 e. The van der Waals surface area contributed by atoms with Gasteiger partial charge in [0.25, 0.3) is 5.17 Å². The first-order valence-electron chi connectivity index (χ1n) is 10.8. The Bertz CT molecular complexity index is 1390. The van der Waals surface area contributed by atoms with Crippen molar-refractivity contribution in [2.45, 2.75) is 17.4 Å². The zero-order valence-corrected chi connectivity index (χ0v) is 20.3. The Morgan fingerprint density at radius 1 is 1.12 bits per heavy atom. The third-order valence-electron chi connectivity index (χ3n) is 6.12. The number of aromatic amines is 1. The molecule has 2 unspecified atom stereocenters. The molecule has 176 valence electrons. The van der Waals surface area contributed by atoms with Gasteiger partial charge in [-0.25, -0.2) is 4.39 Å². The van der Waals surface area contributed by atoms with E-state index in [4.69, 9.17) is 21.7 Å². The van der Waals surface area contributed by atoms with Gasteiger partial charge in [0.15, 0.2) is 0 Å². The van der Waals surface area contributed by atoms with Gasteiger partial charge < -0.3 is 19.4 Å². The third kappa shape index (κ3) is 4.19. The number of rotatable bonds is 4. The number of methoxy groups -OCH3 is 1. The molecule has 1 aliphatic rings. The van der Waals surface area contributed by atoms with Crippen LogP contribution in [0.1, 0.15) is 24.3 Å². The molecule has 1 N–H and O–H groups in total. The van der Waals surface area contributed by atoms with Crippen LogP contribution in [0.15, 0.2) is 71.6 Å². The number of ether oxygens (including phenoxy) is 2. The van der Waals surface area contributed by atoms with E-state index in [0.717, 1.165) is 39.2 Å².